The van der Waals surface area contributed by atoms with Crippen molar-refractivity contribution in [3.63, 3.8) is 0 Å². The van der Waals surface area contributed by atoms with Gasteiger partial charge in [-0.1, -0.05) is 0 Å². The molecule has 1 heterocycles. The molecule has 92 valence electrons. The summed E-state index contributed by atoms with van der Waals surface area (Å²) in [5.41, 5.74) is -0.510. The summed E-state index contributed by atoms with van der Waals surface area (Å²) in [5, 5.41) is 0. The summed E-state index contributed by atoms with van der Waals surface area (Å²) in [6.07, 6.45) is 4.62. The van der Waals surface area contributed by atoms with Crippen LogP contribution >= 0.6 is 0 Å². The van der Waals surface area contributed by atoms with Crippen molar-refractivity contribution in [3.8, 4) is 0 Å². The second kappa shape index (κ2) is 5.89. The Bertz CT molecular complexity index is 246. The van der Waals surface area contributed by atoms with Crippen LogP contribution in [0.2, 0.25) is 0 Å². The molecule has 0 saturated carbocycles. The molecule has 0 aromatic rings. The summed E-state index contributed by atoms with van der Waals surface area (Å²) in [7, 11) is 0. The lowest BCUT2D eigenvalue weighted by molar-refractivity contribution is 0.0107. The summed E-state index contributed by atoms with van der Waals surface area (Å²) in [6, 6.07) is 0. The zero-order valence-corrected chi connectivity index (χ0v) is 10.2. The lowest BCUT2D eigenvalue weighted by Gasteiger charge is -2.19. The molecule has 1 saturated heterocycles. The van der Waals surface area contributed by atoms with Crippen molar-refractivity contribution >= 4 is 6.16 Å². The fourth-order valence-corrected chi connectivity index (χ4v) is 1.39. The zero-order valence-electron chi connectivity index (χ0n) is 10.2. The molecule has 0 N–H and O–H groups in total. The summed E-state index contributed by atoms with van der Waals surface area (Å²) in [6.45, 7) is 6.96. The van der Waals surface area contributed by atoms with Crippen molar-refractivity contribution in [1.29, 1.82) is 0 Å². The van der Waals surface area contributed by atoms with Gasteiger partial charge in [0.05, 0.1) is 6.26 Å². The summed E-state index contributed by atoms with van der Waals surface area (Å²) < 4.78 is 15.1. The van der Waals surface area contributed by atoms with Gasteiger partial charge in [-0.3, -0.25) is 0 Å². The van der Waals surface area contributed by atoms with E-state index in [1.807, 2.05) is 6.08 Å². The van der Waals surface area contributed by atoms with E-state index in [-0.39, 0.29) is 0 Å². The van der Waals surface area contributed by atoms with Crippen LogP contribution in [0.3, 0.4) is 0 Å². The fourth-order valence-electron chi connectivity index (χ4n) is 1.39. The Morgan fingerprint density at radius 1 is 1.31 bits per heavy atom. The number of ether oxygens (including phenoxy) is 3. The average Bonchev–Trinajstić information content (AvgIpc) is 2.16. The molecule has 0 aromatic carbocycles. The maximum atomic E-state index is 11.2. The third-order valence-corrected chi connectivity index (χ3v) is 2.17. The van der Waals surface area contributed by atoms with Crippen molar-refractivity contribution in [3.05, 3.63) is 12.3 Å². The van der Waals surface area contributed by atoms with E-state index in [2.05, 4.69) is 0 Å². The van der Waals surface area contributed by atoms with E-state index in [9.17, 15) is 4.79 Å². The van der Waals surface area contributed by atoms with Gasteiger partial charge in [-0.15, -0.1) is 0 Å². The second-order valence-corrected chi connectivity index (χ2v) is 4.86. The Kier molecular flexibility index (Phi) is 4.80. The number of rotatable bonds is 2. The fraction of sp³-hybridized carbons (Fsp3) is 0.750. The number of hydrogen-bond acceptors (Lipinski definition) is 4. The van der Waals surface area contributed by atoms with Gasteiger partial charge in [0.15, 0.2) is 0 Å². The van der Waals surface area contributed by atoms with Crippen LogP contribution in [0.5, 0.6) is 0 Å². The first-order valence-electron chi connectivity index (χ1n) is 5.61. The number of carbonyl (C=O) groups excluding carboxylic acids is 1. The van der Waals surface area contributed by atoms with Gasteiger partial charge in [0.2, 0.25) is 0 Å². The van der Waals surface area contributed by atoms with Gasteiger partial charge in [0, 0.05) is 13.2 Å². The first kappa shape index (κ1) is 13.0. The van der Waals surface area contributed by atoms with E-state index < -0.39 is 11.8 Å². The molecule has 0 radical (unpaired) electrons. The minimum atomic E-state index is -0.657. The molecule has 0 aromatic heterocycles. The van der Waals surface area contributed by atoms with Gasteiger partial charge >= 0.3 is 6.16 Å². The first-order chi connectivity index (χ1) is 7.47. The van der Waals surface area contributed by atoms with Crippen LogP contribution < -0.4 is 0 Å². The molecule has 0 bridgehead atoms. The highest BCUT2D eigenvalue weighted by Crippen LogP contribution is 2.16. The molecule has 16 heavy (non-hydrogen) atoms. The largest absolute Gasteiger partial charge is 0.513 e. The minimum absolute atomic E-state index is 0.441. The molecular formula is C12H20O4. The molecule has 1 rings (SSSR count). The van der Waals surface area contributed by atoms with E-state index in [1.165, 1.54) is 6.26 Å². The van der Waals surface area contributed by atoms with E-state index in [0.29, 0.717) is 5.92 Å². The predicted molar refractivity (Wildman–Crippen MR) is 60.0 cm³/mol. The number of carbonyl (C=O) groups is 1. The molecule has 0 spiro atoms. The third kappa shape index (κ3) is 5.75. The molecule has 1 aliphatic rings. The van der Waals surface area contributed by atoms with Crippen LogP contribution in [-0.2, 0) is 14.2 Å². The Morgan fingerprint density at radius 2 is 1.94 bits per heavy atom. The summed E-state index contributed by atoms with van der Waals surface area (Å²) >= 11 is 0. The van der Waals surface area contributed by atoms with Gasteiger partial charge in [0.1, 0.15) is 5.60 Å². The highest BCUT2D eigenvalue weighted by molar-refractivity contribution is 5.61. The lowest BCUT2D eigenvalue weighted by Crippen LogP contribution is -2.23. The molecule has 0 atom stereocenters. The molecule has 4 heteroatoms. The van der Waals surface area contributed by atoms with E-state index in [1.54, 1.807) is 20.8 Å². The van der Waals surface area contributed by atoms with Gasteiger partial charge < -0.3 is 14.2 Å². The van der Waals surface area contributed by atoms with Gasteiger partial charge in [-0.05, 0) is 45.6 Å². The molecule has 0 unspecified atom stereocenters. The van der Waals surface area contributed by atoms with E-state index in [4.69, 9.17) is 14.2 Å². The minimum Gasteiger partial charge on any atom is -0.428 e. The number of allylic oxidation sites excluding steroid dienone is 1. The van der Waals surface area contributed by atoms with Crippen LogP contribution in [-0.4, -0.2) is 25.0 Å². The van der Waals surface area contributed by atoms with Crippen molar-refractivity contribution in [1.82, 2.24) is 0 Å². The van der Waals surface area contributed by atoms with Crippen molar-refractivity contribution in [2.45, 2.75) is 39.2 Å². The monoisotopic (exact) mass is 228 g/mol. The zero-order chi connectivity index (χ0) is 12.0. The molecule has 1 aliphatic heterocycles. The highest BCUT2D eigenvalue weighted by Gasteiger charge is 2.17. The molecule has 4 nitrogen and oxygen atoms in total. The Hall–Kier alpha value is -1.03. The van der Waals surface area contributed by atoms with E-state index >= 15 is 0 Å². The van der Waals surface area contributed by atoms with Crippen molar-refractivity contribution in [2.75, 3.05) is 13.2 Å². The SMILES string of the molecule is CC(C)(C)OC(=O)OC=CC1CCOCC1. The van der Waals surface area contributed by atoms with Crippen LogP contribution in [0.4, 0.5) is 4.79 Å². The molecule has 0 amide bonds. The topological polar surface area (TPSA) is 44.8 Å². The normalized spacial score (nSPS) is 18.7. The van der Waals surface area contributed by atoms with Crippen LogP contribution in [0.15, 0.2) is 12.3 Å². The van der Waals surface area contributed by atoms with Crippen LogP contribution in [0.1, 0.15) is 33.6 Å². The first-order valence-corrected chi connectivity index (χ1v) is 5.61. The van der Waals surface area contributed by atoms with Crippen molar-refractivity contribution < 1.29 is 19.0 Å². The standard InChI is InChI=1S/C12H20O4/c1-12(2,3)16-11(13)15-9-6-10-4-7-14-8-5-10/h6,9-10H,4-5,7-8H2,1-3H3. The van der Waals surface area contributed by atoms with Gasteiger partial charge in [0.25, 0.3) is 0 Å². The molecule has 1 fully saturated rings. The summed E-state index contributed by atoms with van der Waals surface area (Å²) in [4.78, 5) is 11.2. The third-order valence-electron chi connectivity index (χ3n) is 2.17. The highest BCUT2D eigenvalue weighted by atomic mass is 16.7. The Labute approximate surface area is 96.6 Å². The maximum absolute atomic E-state index is 11.2. The van der Waals surface area contributed by atoms with Gasteiger partial charge in [-0.25, -0.2) is 4.79 Å². The number of hydrogen-bond donors (Lipinski definition) is 0. The quantitative estimate of drug-likeness (QED) is 0.538. The summed E-state index contributed by atoms with van der Waals surface area (Å²) in [5.74, 6) is 0.441. The average molecular weight is 228 g/mol. The molecular weight excluding hydrogens is 208 g/mol. The van der Waals surface area contributed by atoms with Crippen molar-refractivity contribution in [2.24, 2.45) is 5.92 Å². The predicted octanol–water partition coefficient (Wildman–Crippen LogP) is 2.88. The van der Waals surface area contributed by atoms with Gasteiger partial charge in [-0.2, -0.15) is 0 Å². The van der Waals surface area contributed by atoms with Crippen LogP contribution in [0.25, 0.3) is 0 Å². The Morgan fingerprint density at radius 3 is 2.50 bits per heavy atom. The smallest absolute Gasteiger partial charge is 0.428 e. The lowest BCUT2D eigenvalue weighted by atomic mass is 10.0. The Balaban J connectivity index is 2.22. The molecule has 0 aliphatic carbocycles. The maximum Gasteiger partial charge on any atom is 0.513 e. The van der Waals surface area contributed by atoms with E-state index in [0.717, 1.165) is 26.1 Å². The van der Waals surface area contributed by atoms with Crippen LogP contribution in [0, 0.1) is 5.92 Å². The second-order valence-electron chi connectivity index (χ2n) is 4.86.